The van der Waals surface area contributed by atoms with Gasteiger partial charge in [0.25, 0.3) is 0 Å². The van der Waals surface area contributed by atoms with E-state index < -0.39 is 11.3 Å². The number of hydrogen-bond acceptors (Lipinski definition) is 4. The summed E-state index contributed by atoms with van der Waals surface area (Å²) in [5.74, 6) is -0.750. The minimum absolute atomic E-state index is 0.298. The van der Waals surface area contributed by atoms with Crippen molar-refractivity contribution in [3.05, 3.63) is 16.0 Å². The standard InChI is InChI=1S/C12H16ClNO3S/c1-5-17-12(16)9-6(2)8(4)18-11(9)14-10(15)7(3)13/h7H,5H2,1-4H3,(H,14,15). The molecule has 0 aromatic carbocycles. The Kier molecular flexibility index (Phi) is 5.16. The van der Waals surface area contributed by atoms with E-state index >= 15 is 0 Å². The van der Waals surface area contributed by atoms with Crippen LogP contribution in [0.2, 0.25) is 0 Å². The van der Waals surface area contributed by atoms with Crippen LogP contribution < -0.4 is 5.32 Å². The average molecular weight is 290 g/mol. The number of amides is 1. The van der Waals surface area contributed by atoms with Crippen LogP contribution in [-0.2, 0) is 9.53 Å². The Morgan fingerprint density at radius 1 is 1.44 bits per heavy atom. The molecule has 18 heavy (non-hydrogen) atoms. The van der Waals surface area contributed by atoms with Crippen molar-refractivity contribution in [2.75, 3.05) is 11.9 Å². The number of esters is 1. The van der Waals surface area contributed by atoms with Crippen molar-refractivity contribution >= 4 is 39.8 Å². The van der Waals surface area contributed by atoms with Gasteiger partial charge in [0.05, 0.1) is 12.2 Å². The number of ether oxygens (including phenoxy) is 1. The van der Waals surface area contributed by atoms with Crippen LogP contribution >= 0.6 is 22.9 Å². The Bertz CT molecular complexity index is 468. The second-order valence-electron chi connectivity index (χ2n) is 3.81. The first-order chi connectivity index (χ1) is 8.38. The van der Waals surface area contributed by atoms with Gasteiger partial charge in [-0.25, -0.2) is 4.79 Å². The summed E-state index contributed by atoms with van der Waals surface area (Å²) in [6.07, 6.45) is 0. The van der Waals surface area contributed by atoms with Crippen LogP contribution in [0.25, 0.3) is 0 Å². The molecule has 0 fully saturated rings. The van der Waals surface area contributed by atoms with Gasteiger partial charge in [0.15, 0.2) is 0 Å². The van der Waals surface area contributed by atoms with E-state index in [9.17, 15) is 9.59 Å². The normalized spacial score (nSPS) is 12.1. The van der Waals surface area contributed by atoms with Gasteiger partial charge in [-0.3, -0.25) is 4.79 Å². The van der Waals surface area contributed by atoms with Crippen molar-refractivity contribution in [3.63, 3.8) is 0 Å². The predicted molar refractivity (Wildman–Crippen MR) is 73.7 cm³/mol. The summed E-state index contributed by atoms with van der Waals surface area (Å²) in [5.41, 5.74) is 1.25. The number of halogens is 1. The molecule has 0 aliphatic carbocycles. The Hall–Kier alpha value is -1.07. The first-order valence-corrected chi connectivity index (χ1v) is 6.85. The number of aryl methyl sites for hydroxylation is 1. The zero-order chi connectivity index (χ0) is 13.9. The summed E-state index contributed by atoms with van der Waals surface area (Å²) < 4.78 is 4.99. The maximum atomic E-state index is 11.9. The zero-order valence-corrected chi connectivity index (χ0v) is 12.4. The van der Waals surface area contributed by atoms with Crippen LogP contribution in [0.4, 0.5) is 5.00 Å². The third-order valence-electron chi connectivity index (χ3n) is 2.46. The number of hydrogen-bond donors (Lipinski definition) is 1. The molecule has 0 radical (unpaired) electrons. The van der Waals surface area contributed by atoms with Crippen molar-refractivity contribution in [3.8, 4) is 0 Å². The lowest BCUT2D eigenvalue weighted by Crippen LogP contribution is -2.21. The van der Waals surface area contributed by atoms with E-state index in [4.69, 9.17) is 16.3 Å². The monoisotopic (exact) mass is 289 g/mol. The van der Waals surface area contributed by atoms with Gasteiger partial charge >= 0.3 is 5.97 Å². The van der Waals surface area contributed by atoms with Gasteiger partial charge in [-0.05, 0) is 33.3 Å². The van der Waals surface area contributed by atoms with Crippen LogP contribution in [0.15, 0.2) is 0 Å². The van der Waals surface area contributed by atoms with E-state index in [0.717, 1.165) is 10.4 Å². The molecule has 0 aliphatic heterocycles. The van der Waals surface area contributed by atoms with Crippen LogP contribution in [0.5, 0.6) is 0 Å². The van der Waals surface area contributed by atoms with Gasteiger partial charge in [0.1, 0.15) is 10.4 Å². The molecule has 6 heteroatoms. The molecule has 1 aromatic rings. The molecule has 0 saturated heterocycles. The lowest BCUT2D eigenvalue weighted by atomic mass is 10.1. The molecule has 1 rings (SSSR count). The van der Waals surface area contributed by atoms with Gasteiger partial charge < -0.3 is 10.1 Å². The topological polar surface area (TPSA) is 55.4 Å². The number of thiophene rings is 1. The van der Waals surface area contributed by atoms with Crippen molar-refractivity contribution in [1.29, 1.82) is 0 Å². The molecule has 1 amide bonds. The fourth-order valence-electron chi connectivity index (χ4n) is 1.38. The summed E-state index contributed by atoms with van der Waals surface area (Å²) in [5, 5.41) is 2.51. The maximum Gasteiger partial charge on any atom is 0.341 e. The van der Waals surface area contributed by atoms with Gasteiger partial charge in [0, 0.05) is 4.88 Å². The van der Waals surface area contributed by atoms with E-state index in [1.807, 2.05) is 13.8 Å². The first kappa shape index (κ1) is 15.0. The van der Waals surface area contributed by atoms with Gasteiger partial charge in [-0.15, -0.1) is 22.9 Å². The maximum absolute atomic E-state index is 11.9. The summed E-state index contributed by atoms with van der Waals surface area (Å²) in [6, 6.07) is 0. The molecule has 0 saturated carbocycles. The molecule has 100 valence electrons. The van der Waals surface area contributed by atoms with E-state index in [-0.39, 0.29) is 5.91 Å². The third kappa shape index (κ3) is 3.23. The second-order valence-corrected chi connectivity index (χ2v) is 5.69. The van der Waals surface area contributed by atoms with E-state index in [2.05, 4.69) is 5.32 Å². The quantitative estimate of drug-likeness (QED) is 0.684. The van der Waals surface area contributed by atoms with Crippen molar-refractivity contribution in [2.45, 2.75) is 33.1 Å². The summed E-state index contributed by atoms with van der Waals surface area (Å²) in [4.78, 5) is 24.4. The predicted octanol–water partition coefficient (Wildman–Crippen LogP) is 3.11. The number of anilines is 1. The number of alkyl halides is 1. The second kappa shape index (κ2) is 6.20. The van der Waals surface area contributed by atoms with Crippen molar-refractivity contribution < 1.29 is 14.3 Å². The molecule has 1 heterocycles. The highest BCUT2D eigenvalue weighted by molar-refractivity contribution is 7.16. The number of carbonyl (C=O) groups is 2. The highest BCUT2D eigenvalue weighted by atomic mass is 35.5. The van der Waals surface area contributed by atoms with Crippen LogP contribution in [-0.4, -0.2) is 23.9 Å². The SMILES string of the molecule is CCOC(=O)c1c(NC(=O)C(C)Cl)sc(C)c1C. The van der Waals surface area contributed by atoms with Crippen LogP contribution in [0, 0.1) is 13.8 Å². The average Bonchev–Trinajstić information content (AvgIpc) is 2.54. The smallest absolute Gasteiger partial charge is 0.341 e. The van der Waals surface area contributed by atoms with Crippen LogP contribution in [0.3, 0.4) is 0 Å². The largest absolute Gasteiger partial charge is 0.462 e. The fourth-order valence-corrected chi connectivity index (χ4v) is 2.48. The molecule has 0 aliphatic rings. The summed E-state index contributed by atoms with van der Waals surface area (Å²) in [6.45, 7) is 7.34. The minimum Gasteiger partial charge on any atom is -0.462 e. The van der Waals surface area contributed by atoms with E-state index in [1.165, 1.54) is 11.3 Å². The molecule has 1 atom stereocenters. The molecular formula is C12H16ClNO3S. The van der Waals surface area contributed by atoms with Gasteiger partial charge in [-0.1, -0.05) is 0 Å². The molecular weight excluding hydrogens is 274 g/mol. The molecule has 0 bridgehead atoms. The third-order valence-corrected chi connectivity index (χ3v) is 3.78. The van der Waals surface area contributed by atoms with Crippen molar-refractivity contribution in [2.24, 2.45) is 0 Å². The highest BCUT2D eigenvalue weighted by Crippen LogP contribution is 2.33. The van der Waals surface area contributed by atoms with E-state index in [0.29, 0.717) is 17.2 Å². The molecule has 1 unspecified atom stereocenters. The van der Waals surface area contributed by atoms with Gasteiger partial charge in [0.2, 0.25) is 5.91 Å². The summed E-state index contributed by atoms with van der Waals surface area (Å²) >= 11 is 7.04. The Labute approximate surface area is 115 Å². The number of carbonyl (C=O) groups excluding carboxylic acids is 2. The molecule has 4 nitrogen and oxygen atoms in total. The van der Waals surface area contributed by atoms with Gasteiger partial charge in [-0.2, -0.15) is 0 Å². The Morgan fingerprint density at radius 3 is 2.56 bits per heavy atom. The molecule has 1 N–H and O–H groups in total. The Morgan fingerprint density at radius 2 is 2.06 bits per heavy atom. The molecule has 0 spiro atoms. The van der Waals surface area contributed by atoms with Crippen molar-refractivity contribution in [1.82, 2.24) is 0 Å². The molecule has 1 aromatic heterocycles. The Balaban J connectivity index is 3.08. The van der Waals surface area contributed by atoms with Crippen LogP contribution in [0.1, 0.15) is 34.6 Å². The lowest BCUT2D eigenvalue weighted by molar-refractivity contribution is -0.115. The number of rotatable bonds is 4. The zero-order valence-electron chi connectivity index (χ0n) is 10.8. The summed E-state index contributed by atoms with van der Waals surface area (Å²) in [7, 11) is 0. The first-order valence-electron chi connectivity index (χ1n) is 5.60. The van der Waals surface area contributed by atoms with E-state index in [1.54, 1.807) is 13.8 Å². The minimum atomic E-state index is -0.650. The fraction of sp³-hybridized carbons (Fsp3) is 0.500. The lowest BCUT2D eigenvalue weighted by Gasteiger charge is -2.07. The number of nitrogens with one attached hydrogen (secondary N) is 1. The highest BCUT2D eigenvalue weighted by Gasteiger charge is 2.22.